The van der Waals surface area contributed by atoms with E-state index >= 15 is 0 Å². The first-order valence-corrected chi connectivity index (χ1v) is 18.3. The second-order valence-corrected chi connectivity index (χ2v) is 15.0. The normalized spacial score (nSPS) is 15.5. The number of anilines is 1. The van der Waals surface area contributed by atoms with Gasteiger partial charge in [0.25, 0.3) is 15.9 Å². The number of carbonyl (C=O) groups excluding carboxylic acids is 1. The molecule has 16 heteroatoms. The third kappa shape index (κ3) is 8.58. The number of aromatic nitrogens is 2. The highest BCUT2D eigenvalue weighted by molar-refractivity contribution is 7.92. The molecule has 1 N–H and O–H groups in total. The van der Waals surface area contributed by atoms with Crippen LogP contribution in [0.5, 0.6) is 17.4 Å². The lowest BCUT2D eigenvalue weighted by molar-refractivity contribution is -0.153. The highest BCUT2D eigenvalue weighted by atomic mass is 35.5. The molecular weight excluding hydrogens is 742 g/mol. The number of hydrogen-bond acceptors (Lipinski definition) is 7. The minimum absolute atomic E-state index is 0.0436. The average molecular weight is 777 g/mol. The number of hydrogen-bond donors (Lipinski definition) is 1. The Bertz CT molecular complexity index is 2230. The first kappa shape index (κ1) is 37.3. The van der Waals surface area contributed by atoms with Gasteiger partial charge in [-0.05, 0) is 73.5 Å². The van der Waals surface area contributed by atoms with Gasteiger partial charge in [-0.2, -0.15) is 13.2 Å². The monoisotopic (exact) mass is 775 g/mol. The topological polar surface area (TPSA) is 106 Å². The van der Waals surface area contributed by atoms with E-state index in [0.29, 0.717) is 43.2 Å². The first-order chi connectivity index (χ1) is 24.6. The number of alkyl halides is 3. The number of nitrogens with one attached hydrogen (secondary N) is 1. The number of pyridine rings is 1. The summed E-state index contributed by atoms with van der Waals surface area (Å²) in [6, 6.07) is 19.5. The molecule has 6 rings (SSSR count). The highest BCUT2D eigenvalue weighted by Gasteiger charge is 2.30. The predicted octanol–water partition coefficient (Wildman–Crippen LogP) is 8.07. The number of halogens is 5. The van der Waals surface area contributed by atoms with Crippen LogP contribution in [0.2, 0.25) is 10.0 Å². The van der Waals surface area contributed by atoms with Crippen LogP contribution in [0.25, 0.3) is 10.9 Å². The van der Waals surface area contributed by atoms with Crippen LogP contribution in [-0.2, 0) is 23.6 Å². The second-order valence-electron chi connectivity index (χ2n) is 12.5. The fourth-order valence-electron chi connectivity index (χ4n) is 5.91. The van der Waals surface area contributed by atoms with Crippen molar-refractivity contribution in [2.75, 3.05) is 31.0 Å². The number of piperazine rings is 1. The molecule has 274 valence electrons. The zero-order valence-electron chi connectivity index (χ0n) is 28.2. The number of ether oxygens (including phenoxy) is 2. The van der Waals surface area contributed by atoms with Crippen LogP contribution in [0.3, 0.4) is 0 Å². The average Bonchev–Trinajstić information content (AvgIpc) is 3.42. The Morgan fingerprint density at radius 3 is 2.38 bits per heavy atom. The molecule has 52 heavy (non-hydrogen) atoms. The van der Waals surface area contributed by atoms with E-state index in [1.54, 1.807) is 31.2 Å². The molecule has 3 heterocycles. The molecule has 1 amide bonds. The third-order valence-electron chi connectivity index (χ3n) is 8.75. The number of fused-ring (bicyclic) bond motifs is 1. The van der Waals surface area contributed by atoms with Crippen LogP contribution in [0, 0.1) is 6.92 Å². The maximum atomic E-state index is 13.7. The van der Waals surface area contributed by atoms with Crippen molar-refractivity contribution >= 4 is 55.7 Å². The SMILES string of the molecule is Cc1cc(Oc2ccc3cc(C(=O)N4CCN(Cc5ccc(OCC(F)(F)F)cc5)[C@H](C)C4)n(C)c3c2)ncc1NS(=O)(=O)c1ccc(Cl)c(Cl)c1. The Labute approximate surface area is 308 Å². The molecule has 0 unspecified atom stereocenters. The van der Waals surface area contributed by atoms with Crippen LogP contribution in [-0.4, -0.2) is 72.1 Å². The van der Waals surface area contributed by atoms with Crippen molar-refractivity contribution in [3.63, 3.8) is 0 Å². The summed E-state index contributed by atoms with van der Waals surface area (Å²) in [6.07, 6.45) is -3.03. The Morgan fingerprint density at radius 1 is 0.981 bits per heavy atom. The van der Waals surface area contributed by atoms with Gasteiger partial charge in [-0.3, -0.25) is 14.4 Å². The van der Waals surface area contributed by atoms with Crippen LogP contribution in [0.1, 0.15) is 28.5 Å². The van der Waals surface area contributed by atoms with Gasteiger partial charge in [0.1, 0.15) is 17.2 Å². The van der Waals surface area contributed by atoms with Crippen LogP contribution < -0.4 is 14.2 Å². The maximum Gasteiger partial charge on any atom is 0.422 e. The molecule has 1 aliphatic heterocycles. The summed E-state index contributed by atoms with van der Waals surface area (Å²) >= 11 is 11.9. The summed E-state index contributed by atoms with van der Waals surface area (Å²) in [5, 5.41) is 1.21. The minimum atomic E-state index is -4.40. The van der Waals surface area contributed by atoms with Crippen molar-refractivity contribution in [2.24, 2.45) is 7.05 Å². The second kappa shape index (κ2) is 14.9. The van der Waals surface area contributed by atoms with Crippen LogP contribution in [0.4, 0.5) is 18.9 Å². The first-order valence-electron chi connectivity index (χ1n) is 16.1. The van der Waals surface area contributed by atoms with Crippen molar-refractivity contribution < 1.29 is 35.9 Å². The van der Waals surface area contributed by atoms with Crippen molar-refractivity contribution in [3.8, 4) is 17.4 Å². The summed E-state index contributed by atoms with van der Waals surface area (Å²) in [4.78, 5) is 22.0. The zero-order chi connectivity index (χ0) is 37.4. The van der Waals surface area contributed by atoms with E-state index in [2.05, 4.69) is 14.6 Å². The number of sulfonamides is 1. The fraction of sp³-hybridized carbons (Fsp3) is 0.278. The number of nitrogens with zero attached hydrogens (tertiary/aromatic N) is 4. The van der Waals surface area contributed by atoms with E-state index in [0.717, 1.165) is 16.5 Å². The lowest BCUT2D eigenvalue weighted by atomic mass is 10.1. The molecular formula is C36H34Cl2F3N5O5S. The molecule has 2 aromatic heterocycles. The molecule has 1 aliphatic rings. The molecule has 0 bridgehead atoms. The maximum absolute atomic E-state index is 13.7. The number of amides is 1. The Balaban J connectivity index is 1.08. The molecule has 0 saturated carbocycles. The lowest BCUT2D eigenvalue weighted by Gasteiger charge is -2.40. The molecule has 10 nitrogen and oxygen atoms in total. The minimum Gasteiger partial charge on any atom is -0.484 e. The van der Waals surface area contributed by atoms with Gasteiger partial charge in [-0.15, -0.1) is 0 Å². The van der Waals surface area contributed by atoms with Crippen molar-refractivity contribution in [2.45, 2.75) is 37.5 Å². The van der Waals surface area contributed by atoms with Gasteiger partial charge in [-0.1, -0.05) is 35.3 Å². The molecule has 1 atom stereocenters. The number of carbonyl (C=O) groups is 1. The van der Waals surface area contributed by atoms with E-state index in [1.807, 2.05) is 41.6 Å². The lowest BCUT2D eigenvalue weighted by Crippen LogP contribution is -2.53. The van der Waals surface area contributed by atoms with Crippen LogP contribution >= 0.6 is 23.2 Å². The van der Waals surface area contributed by atoms with Gasteiger partial charge in [0.2, 0.25) is 5.88 Å². The van der Waals surface area contributed by atoms with E-state index in [9.17, 15) is 26.4 Å². The van der Waals surface area contributed by atoms with Gasteiger partial charge >= 0.3 is 6.18 Å². The van der Waals surface area contributed by atoms with Gasteiger partial charge in [0, 0.05) is 56.8 Å². The summed E-state index contributed by atoms with van der Waals surface area (Å²) in [7, 11) is -2.14. The van der Waals surface area contributed by atoms with Gasteiger partial charge in [0.15, 0.2) is 6.61 Å². The number of benzene rings is 3. The summed E-state index contributed by atoms with van der Waals surface area (Å²) in [5.74, 6) is 0.780. The Kier molecular flexibility index (Phi) is 10.6. The highest BCUT2D eigenvalue weighted by Crippen LogP contribution is 2.31. The van der Waals surface area contributed by atoms with Crippen molar-refractivity contribution in [3.05, 3.63) is 106 Å². The largest absolute Gasteiger partial charge is 0.484 e. The van der Waals surface area contributed by atoms with Crippen molar-refractivity contribution in [1.82, 2.24) is 19.4 Å². The van der Waals surface area contributed by atoms with Crippen LogP contribution in [0.15, 0.2) is 83.9 Å². The number of aryl methyl sites for hydroxylation is 2. The van der Waals surface area contributed by atoms with Gasteiger partial charge in [-0.25, -0.2) is 13.4 Å². The predicted molar refractivity (Wildman–Crippen MR) is 193 cm³/mol. The van der Waals surface area contributed by atoms with E-state index in [4.69, 9.17) is 32.7 Å². The van der Waals surface area contributed by atoms with Gasteiger partial charge < -0.3 is 18.9 Å². The Morgan fingerprint density at radius 2 is 1.71 bits per heavy atom. The zero-order valence-corrected chi connectivity index (χ0v) is 30.6. The van der Waals surface area contributed by atoms with E-state index < -0.39 is 22.8 Å². The fourth-order valence-corrected chi connectivity index (χ4v) is 7.41. The quantitative estimate of drug-likeness (QED) is 0.153. The summed E-state index contributed by atoms with van der Waals surface area (Å²) < 4.78 is 78.4. The molecule has 0 spiro atoms. The summed E-state index contributed by atoms with van der Waals surface area (Å²) in [6.45, 7) is 4.66. The standard InChI is InChI=1S/C36H34Cl2F3N5O5S/c1-22-14-34(42-18-31(22)43-52(48,49)28-10-11-29(37)30(38)17-28)51-27-9-6-25-15-33(44(3)32(25)16-27)35(47)46-13-12-45(23(2)19-46)20-24-4-7-26(8-5-24)50-21-36(39,40)41/h4-11,14-18,23,43H,12-13,19-21H2,1-3H3/t23-/m1/s1. The number of rotatable bonds is 10. The van der Waals surface area contributed by atoms with Gasteiger partial charge in [0.05, 0.1) is 32.3 Å². The van der Waals surface area contributed by atoms with Crippen molar-refractivity contribution in [1.29, 1.82) is 0 Å². The summed E-state index contributed by atoms with van der Waals surface area (Å²) in [5.41, 5.74) is 3.07. The molecule has 1 fully saturated rings. The third-order valence-corrected chi connectivity index (χ3v) is 10.9. The van der Waals surface area contributed by atoms with E-state index in [-0.39, 0.29) is 44.2 Å². The van der Waals surface area contributed by atoms with E-state index in [1.165, 1.54) is 36.5 Å². The molecule has 0 aliphatic carbocycles. The molecule has 5 aromatic rings. The molecule has 1 saturated heterocycles. The smallest absolute Gasteiger partial charge is 0.422 e. The Hall–Kier alpha value is -4.50. The molecule has 3 aromatic carbocycles. The molecule has 0 radical (unpaired) electrons.